The number of aliphatic hydroxyl groups excluding tert-OH is 1. The van der Waals surface area contributed by atoms with Crippen LogP contribution in [0.5, 0.6) is 0 Å². The van der Waals surface area contributed by atoms with Crippen molar-refractivity contribution in [3.05, 3.63) is 0 Å². The van der Waals surface area contributed by atoms with Crippen molar-refractivity contribution in [3.8, 4) is 0 Å². The van der Waals surface area contributed by atoms with Crippen LogP contribution >= 0.6 is 24.0 Å². The molecule has 0 radical (unpaired) electrons. The topological polar surface area (TPSA) is 86.2 Å². The van der Waals surface area contributed by atoms with E-state index in [-0.39, 0.29) is 55.1 Å². The molecule has 0 spiro atoms. The first-order chi connectivity index (χ1) is 11.0. The quantitative estimate of drug-likeness (QED) is 0.269. The van der Waals surface area contributed by atoms with E-state index in [2.05, 4.69) is 29.5 Å². The molecular formula is C17H37IN4O3. The molecule has 1 atom stereocenters. The second-order valence-electron chi connectivity index (χ2n) is 7.43. The molecule has 0 aliphatic rings. The minimum atomic E-state index is -0.658. The summed E-state index contributed by atoms with van der Waals surface area (Å²) in [7, 11) is 1.80. The van der Waals surface area contributed by atoms with E-state index < -0.39 is 6.10 Å². The van der Waals surface area contributed by atoms with Gasteiger partial charge in [0.1, 0.15) is 0 Å². The Morgan fingerprint density at radius 2 is 1.88 bits per heavy atom. The Bertz CT molecular complexity index is 398. The molecular weight excluding hydrogens is 435 g/mol. The molecule has 0 bridgehead atoms. The Kier molecular flexibility index (Phi) is 14.5. The van der Waals surface area contributed by atoms with E-state index in [1.807, 2.05) is 27.7 Å². The molecule has 8 heteroatoms. The molecule has 1 unspecified atom stereocenters. The van der Waals surface area contributed by atoms with Crippen LogP contribution in [0, 0.1) is 5.92 Å². The van der Waals surface area contributed by atoms with Gasteiger partial charge in [-0.25, -0.2) is 0 Å². The summed E-state index contributed by atoms with van der Waals surface area (Å²) < 4.78 is 5.41. The number of amides is 1. The van der Waals surface area contributed by atoms with Gasteiger partial charge in [-0.3, -0.25) is 9.79 Å². The van der Waals surface area contributed by atoms with Crippen molar-refractivity contribution in [2.45, 2.75) is 53.2 Å². The average Bonchev–Trinajstić information content (AvgIpc) is 2.40. The summed E-state index contributed by atoms with van der Waals surface area (Å²) in [4.78, 5) is 18.1. The van der Waals surface area contributed by atoms with Crippen LogP contribution < -0.4 is 10.6 Å². The van der Waals surface area contributed by atoms with Crippen molar-refractivity contribution in [1.29, 1.82) is 0 Å². The molecule has 0 aromatic rings. The molecule has 0 aromatic carbocycles. The van der Waals surface area contributed by atoms with Crippen LogP contribution in [0.25, 0.3) is 0 Å². The smallest absolute Gasteiger partial charge is 0.240 e. The van der Waals surface area contributed by atoms with Gasteiger partial charge < -0.3 is 25.4 Å². The van der Waals surface area contributed by atoms with Gasteiger partial charge in [-0.1, -0.05) is 13.8 Å². The van der Waals surface area contributed by atoms with Crippen molar-refractivity contribution >= 4 is 35.8 Å². The number of carbonyl (C=O) groups excluding carboxylic acids is 1. The summed E-state index contributed by atoms with van der Waals surface area (Å²) in [5.41, 5.74) is -0.267. The molecule has 3 N–H and O–H groups in total. The Labute approximate surface area is 170 Å². The second kappa shape index (κ2) is 13.6. The number of nitrogens with zero attached hydrogens (tertiary/aromatic N) is 2. The van der Waals surface area contributed by atoms with Gasteiger partial charge in [0.05, 0.1) is 25.8 Å². The monoisotopic (exact) mass is 472 g/mol. The number of rotatable bonds is 9. The van der Waals surface area contributed by atoms with Gasteiger partial charge >= 0.3 is 0 Å². The molecule has 1 amide bonds. The van der Waals surface area contributed by atoms with E-state index in [9.17, 15) is 9.90 Å². The highest BCUT2D eigenvalue weighted by Gasteiger charge is 2.17. The van der Waals surface area contributed by atoms with Crippen molar-refractivity contribution in [2.75, 3.05) is 39.9 Å². The van der Waals surface area contributed by atoms with Gasteiger partial charge in [0.15, 0.2) is 5.96 Å². The minimum absolute atomic E-state index is 0. The second-order valence-corrected chi connectivity index (χ2v) is 7.43. The summed E-state index contributed by atoms with van der Waals surface area (Å²) >= 11 is 0. The number of carbonyl (C=O) groups is 1. The fourth-order valence-corrected chi connectivity index (χ4v) is 1.90. The molecule has 0 fully saturated rings. The first-order valence-electron chi connectivity index (χ1n) is 8.61. The lowest BCUT2D eigenvalue weighted by Crippen LogP contribution is -2.49. The van der Waals surface area contributed by atoms with Crippen LogP contribution in [0.1, 0.15) is 41.5 Å². The van der Waals surface area contributed by atoms with Crippen molar-refractivity contribution in [3.63, 3.8) is 0 Å². The van der Waals surface area contributed by atoms with Crippen LogP contribution in [-0.4, -0.2) is 73.4 Å². The molecule has 0 aliphatic heterocycles. The van der Waals surface area contributed by atoms with Crippen LogP contribution in [-0.2, 0) is 9.53 Å². The minimum Gasteiger partial charge on any atom is -0.389 e. The largest absolute Gasteiger partial charge is 0.389 e. The summed E-state index contributed by atoms with van der Waals surface area (Å²) in [5.74, 6) is 0.950. The lowest BCUT2D eigenvalue weighted by Gasteiger charge is -2.25. The number of hydrogen-bond acceptors (Lipinski definition) is 4. The predicted octanol–water partition coefficient (Wildman–Crippen LogP) is 1.45. The summed E-state index contributed by atoms with van der Waals surface area (Å²) in [6, 6.07) is 0. The Hall–Kier alpha value is -0.610. The number of ether oxygens (including phenoxy) is 1. The van der Waals surface area contributed by atoms with Gasteiger partial charge in [-0.2, -0.15) is 0 Å². The maximum atomic E-state index is 12.0. The van der Waals surface area contributed by atoms with E-state index in [0.29, 0.717) is 25.0 Å². The molecule has 25 heavy (non-hydrogen) atoms. The first-order valence-corrected chi connectivity index (χ1v) is 8.61. The van der Waals surface area contributed by atoms with Crippen molar-refractivity contribution in [2.24, 2.45) is 10.9 Å². The lowest BCUT2D eigenvalue weighted by molar-refractivity contribution is -0.122. The molecule has 0 saturated heterocycles. The van der Waals surface area contributed by atoms with E-state index in [1.54, 1.807) is 11.9 Å². The van der Waals surface area contributed by atoms with Crippen LogP contribution in [0.3, 0.4) is 0 Å². The molecule has 0 aliphatic carbocycles. The van der Waals surface area contributed by atoms with E-state index >= 15 is 0 Å². The van der Waals surface area contributed by atoms with Gasteiger partial charge in [-0.05, 0) is 33.6 Å². The third kappa shape index (κ3) is 15.4. The van der Waals surface area contributed by atoms with Crippen molar-refractivity contribution < 1.29 is 14.6 Å². The average molecular weight is 472 g/mol. The summed E-state index contributed by atoms with van der Waals surface area (Å²) in [6.07, 6.45) is -0.658. The standard InChI is InChI=1S/C17H36N4O3.HI/c1-8-18-16(19-9-14(22)12-24-11-13(2)3)21(7)10-15(23)20-17(4,5)6;/h13-14,22H,8-12H2,1-7H3,(H,18,19)(H,20,23);1H. The van der Waals surface area contributed by atoms with Crippen molar-refractivity contribution in [1.82, 2.24) is 15.5 Å². The highest BCUT2D eigenvalue weighted by molar-refractivity contribution is 14.0. The Morgan fingerprint density at radius 3 is 2.36 bits per heavy atom. The van der Waals surface area contributed by atoms with Gasteiger partial charge in [0.25, 0.3) is 0 Å². The Balaban J connectivity index is 0. The number of halogens is 1. The van der Waals surface area contributed by atoms with Gasteiger partial charge in [-0.15, -0.1) is 24.0 Å². The number of aliphatic hydroxyl groups is 1. The van der Waals surface area contributed by atoms with E-state index in [0.717, 1.165) is 0 Å². The molecule has 0 aromatic heterocycles. The zero-order valence-corrected chi connectivity index (χ0v) is 19.1. The van der Waals surface area contributed by atoms with E-state index in [1.165, 1.54) is 0 Å². The number of likely N-dealkylation sites (N-methyl/N-ethyl adjacent to an activating group) is 1. The van der Waals surface area contributed by atoms with Gasteiger partial charge in [0, 0.05) is 25.7 Å². The fourth-order valence-electron chi connectivity index (χ4n) is 1.90. The SMILES string of the molecule is CCNC(=NCC(O)COCC(C)C)N(C)CC(=O)NC(C)(C)C.I. The third-order valence-electron chi connectivity index (χ3n) is 2.80. The maximum absolute atomic E-state index is 12.0. The molecule has 0 heterocycles. The highest BCUT2D eigenvalue weighted by atomic mass is 127. The summed E-state index contributed by atoms with van der Waals surface area (Å²) in [5, 5.41) is 16.0. The molecule has 0 saturated carbocycles. The number of hydrogen-bond donors (Lipinski definition) is 3. The predicted molar refractivity (Wildman–Crippen MR) is 114 cm³/mol. The van der Waals surface area contributed by atoms with Crippen LogP contribution in [0.15, 0.2) is 4.99 Å². The normalized spacial score (nSPS) is 13.2. The zero-order valence-electron chi connectivity index (χ0n) is 16.8. The van der Waals surface area contributed by atoms with Gasteiger partial charge in [0.2, 0.25) is 5.91 Å². The highest BCUT2D eigenvalue weighted by Crippen LogP contribution is 1.99. The lowest BCUT2D eigenvalue weighted by atomic mass is 10.1. The maximum Gasteiger partial charge on any atom is 0.240 e. The molecule has 0 rings (SSSR count). The van der Waals surface area contributed by atoms with E-state index in [4.69, 9.17) is 4.74 Å². The van der Waals surface area contributed by atoms with Crippen LogP contribution in [0.2, 0.25) is 0 Å². The zero-order chi connectivity index (χ0) is 18.8. The fraction of sp³-hybridized carbons (Fsp3) is 0.882. The molecule has 7 nitrogen and oxygen atoms in total. The van der Waals surface area contributed by atoms with Crippen LogP contribution in [0.4, 0.5) is 0 Å². The first kappa shape index (κ1) is 26.6. The number of nitrogens with one attached hydrogen (secondary N) is 2. The Morgan fingerprint density at radius 1 is 1.28 bits per heavy atom. The number of aliphatic imine (C=N–C) groups is 1. The number of guanidine groups is 1. The molecule has 150 valence electrons. The third-order valence-corrected chi connectivity index (χ3v) is 2.80. The summed E-state index contributed by atoms with van der Waals surface area (Å²) in [6.45, 7) is 13.9.